The maximum atomic E-state index is 6.42. The van der Waals surface area contributed by atoms with Crippen LogP contribution in [0, 0.1) is 0 Å². The van der Waals surface area contributed by atoms with Gasteiger partial charge in [0.25, 0.3) is 0 Å². The number of hydrogen-bond acceptors (Lipinski definition) is 2. The first-order valence-corrected chi connectivity index (χ1v) is 23.0. The standard InChI is InChI=1S/C64H42N2O/c1-3-13-43(14-4-1)44-25-27-45(28-26-44)46-29-31-49(32-30-46)64(48-16-5-2-6-17-48)65-41-42-23-35-51(36-24-42)66-58-38-34-47-15-7-8-18-52(47)62(58)63-56-21-10-9-19-53(56)57(40-59(63)66)50-33-37-55-54-20-11-12-22-60(54)67-61(55)39-50/h1-40H,41H2. The van der Waals surface area contributed by atoms with Crippen LogP contribution in [0.4, 0.5) is 0 Å². The largest absolute Gasteiger partial charge is 0.456 e. The van der Waals surface area contributed by atoms with Gasteiger partial charge >= 0.3 is 0 Å². The summed E-state index contributed by atoms with van der Waals surface area (Å²) >= 11 is 0. The van der Waals surface area contributed by atoms with Gasteiger partial charge < -0.3 is 8.98 Å². The Morgan fingerprint density at radius 1 is 0.373 bits per heavy atom. The number of fused-ring (bicyclic) bond motifs is 10. The Kier molecular flexibility index (Phi) is 9.24. The normalized spacial score (nSPS) is 12.0. The van der Waals surface area contributed by atoms with E-state index in [1.165, 1.54) is 65.7 Å². The topological polar surface area (TPSA) is 30.4 Å². The third-order valence-corrected chi connectivity index (χ3v) is 13.5. The average Bonchev–Trinajstić information content (AvgIpc) is 3.95. The first-order valence-electron chi connectivity index (χ1n) is 23.0. The second kappa shape index (κ2) is 16.0. The Balaban J connectivity index is 0.894. The summed E-state index contributed by atoms with van der Waals surface area (Å²) < 4.78 is 8.87. The fraction of sp³-hybridized carbons (Fsp3) is 0.0156. The summed E-state index contributed by atoms with van der Waals surface area (Å²) in [5, 5.41) is 9.71. The summed E-state index contributed by atoms with van der Waals surface area (Å²) in [5.41, 5.74) is 16.7. The van der Waals surface area contributed by atoms with Gasteiger partial charge in [0.1, 0.15) is 11.2 Å². The minimum absolute atomic E-state index is 0.546. The fourth-order valence-corrected chi connectivity index (χ4v) is 10.2. The third kappa shape index (κ3) is 6.71. The number of aromatic nitrogens is 1. The van der Waals surface area contributed by atoms with Crippen molar-refractivity contribution in [3.63, 3.8) is 0 Å². The maximum Gasteiger partial charge on any atom is 0.136 e. The van der Waals surface area contributed by atoms with Gasteiger partial charge in [0, 0.05) is 38.4 Å². The molecular weight excluding hydrogens is 813 g/mol. The number of para-hydroxylation sites is 1. The van der Waals surface area contributed by atoms with Crippen molar-refractivity contribution in [2.75, 3.05) is 0 Å². The predicted octanol–water partition coefficient (Wildman–Crippen LogP) is 17.0. The molecule has 0 atom stereocenters. The Morgan fingerprint density at radius 3 is 1.67 bits per heavy atom. The molecule has 0 N–H and O–H groups in total. The molecule has 2 aromatic heterocycles. The van der Waals surface area contributed by atoms with E-state index in [0.29, 0.717) is 6.54 Å². The summed E-state index contributed by atoms with van der Waals surface area (Å²) in [6.07, 6.45) is 0. The molecule has 0 amide bonds. The van der Waals surface area contributed by atoms with Crippen LogP contribution in [0.1, 0.15) is 16.7 Å². The molecule has 0 aliphatic rings. The van der Waals surface area contributed by atoms with Crippen LogP contribution < -0.4 is 0 Å². The van der Waals surface area contributed by atoms with Crippen molar-refractivity contribution < 1.29 is 4.42 Å². The average molecular weight is 855 g/mol. The highest BCUT2D eigenvalue weighted by Gasteiger charge is 2.21. The van der Waals surface area contributed by atoms with Gasteiger partial charge in [0.15, 0.2) is 0 Å². The molecular formula is C64H42N2O. The van der Waals surface area contributed by atoms with Gasteiger partial charge in [-0.2, -0.15) is 0 Å². The number of rotatable bonds is 8. The molecule has 0 radical (unpaired) electrons. The number of furan rings is 1. The Hall–Kier alpha value is -8.79. The highest BCUT2D eigenvalue weighted by atomic mass is 16.3. The molecule has 3 nitrogen and oxygen atoms in total. The van der Waals surface area contributed by atoms with Gasteiger partial charge in [-0.25, -0.2) is 0 Å². The molecule has 314 valence electrons. The smallest absolute Gasteiger partial charge is 0.136 e. The second-order valence-electron chi connectivity index (χ2n) is 17.4. The van der Waals surface area contributed by atoms with Gasteiger partial charge in [0.2, 0.25) is 0 Å². The van der Waals surface area contributed by atoms with Crippen molar-refractivity contribution in [1.82, 2.24) is 4.57 Å². The Labute approximate surface area is 388 Å². The van der Waals surface area contributed by atoms with Crippen molar-refractivity contribution in [2.24, 2.45) is 4.99 Å². The van der Waals surface area contributed by atoms with E-state index < -0.39 is 0 Å². The molecule has 0 bridgehead atoms. The van der Waals surface area contributed by atoms with Crippen LogP contribution in [0.2, 0.25) is 0 Å². The van der Waals surface area contributed by atoms with Crippen molar-refractivity contribution >= 4 is 71.0 Å². The fourth-order valence-electron chi connectivity index (χ4n) is 10.2. The van der Waals surface area contributed by atoms with Gasteiger partial charge in [0.05, 0.1) is 23.3 Å². The van der Waals surface area contributed by atoms with Crippen LogP contribution in [0.15, 0.2) is 252 Å². The van der Waals surface area contributed by atoms with Gasteiger partial charge in [-0.3, -0.25) is 4.99 Å². The summed E-state index contributed by atoms with van der Waals surface area (Å²) in [6, 6.07) is 87.2. The zero-order chi connectivity index (χ0) is 44.3. The van der Waals surface area contributed by atoms with Crippen LogP contribution >= 0.6 is 0 Å². The van der Waals surface area contributed by atoms with Crippen LogP contribution in [-0.4, -0.2) is 10.3 Å². The lowest BCUT2D eigenvalue weighted by molar-refractivity contribution is 0.669. The van der Waals surface area contributed by atoms with Crippen molar-refractivity contribution in [2.45, 2.75) is 6.54 Å². The maximum absolute atomic E-state index is 6.42. The minimum atomic E-state index is 0.546. The quantitative estimate of drug-likeness (QED) is 0.140. The highest BCUT2D eigenvalue weighted by molar-refractivity contribution is 6.30. The first kappa shape index (κ1) is 38.6. The zero-order valence-corrected chi connectivity index (χ0v) is 36.6. The number of hydrogen-bond donors (Lipinski definition) is 0. The Bertz CT molecular complexity index is 4010. The van der Waals surface area contributed by atoms with Crippen LogP contribution in [0.5, 0.6) is 0 Å². The second-order valence-corrected chi connectivity index (χ2v) is 17.4. The molecule has 0 spiro atoms. The molecule has 0 saturated heterocycles. The van der Waals surface area contributed by atoms with E-state index in [0.717, 1.165) is 61.1 Å². The van der Waals surface area contributed by atoms with E-state index in [2.05, 4.69) is 235 Å². The van der Waals surface area contributed by atoms with Crippen LogP contribution in [-0.2, 0) is 6.54 Å². The van der Waals surface area contributed by atoms with Crippen molar-refractivity contribution in [3.8, 4) is 39.1 Å². The molecule has 0 aliphatic heterocycles. The van der Waals surface area contributed by atoms with Gasteiger partial charge in [-0.15, -0.1) is 0 Å². The van der Waals surface area contributed by atoms with Crippen LogP contribution in [0.25, 0.3) is 104 Å². The summed E-state index contributed by atoms with van der Waals surface area (Å²) in [7, 11) is 0. The third-order valence-electron chi connectivity index (χ3n) is 13.5. The summed E-state index contributed by atoms with van der Waals surface area (Å²) in [4.78, 5) is 5.33. The SMILES string of the molecule is c1ccc(C(=NCc2ccc(-n3c4ccc5ccccc5c4c4c5ccccc5c(-c5ccc6c(c5)oc5ccccc56)cc43)cc2)c2ccc(-c3ccc(-c4ccccc4)cc3)cc2)cc1. The molecule has 13 aromatic rings. The van der Waals surface area contributed by atoms with E-state index in [9.17, 15) is 0 Å². The lowest BCUT2D eigenvalue weighted by Crippen LogP contribution is -2.04. The molecule has 13 rings (SSSR count). The summed E-state index contributed by atoms with van der Waals surface area (Å²) in [6.45, 7) is 0.546. The van der Waals surface area contributed by atoms with E-state index in [1.54, 1.807) is 0 Å². The van der Waals surface area contributed by atoms with Crippen molar-refractivity contribution in [1.29, 1.82) is 0 Å². The van der Waals surface area contributed by atoms with Crippen molar-refractivity contribution in [3.05, 3.63) is 259 Å². The lowest BCUT2D eigenvalue weighted by atomic mass is 9.93. The monoisotopic (exact) mass is 854 g/mol. The van der Waals surface area contributed by atoms with E-state index in [1.807, 2.05) is 12.1 Å². The molecule has 2 heterocycles. The molecule has 11 aromatic carbocycles. The summed E-state index contributed by atoms with van der Waals surface area (Å²) in [5.74, 6) is 0. The highest BCUT2D eigenvalue weighted by Crippen LogP contribution is 2.44. The number of aliphatic imine (C=N–C) groups is 1. The van der Waals surface area contributed by atoms with Gasteiger partial charge in [-0.05, 0) is 103 Å². The Morgan fingerprint density at radius 2 is 0.925 bits per heavy atom. The number of nitrogens with zero attached hydrogens (tertiary/aromatic N) is 2. The molecule has 0 saturated carbocycles. The minimum Gasteiger partial charge on any atom is -0.456 e. The molecule has 67 heavy (non-hydrogen) atoms. The van der Waals surface area contributed by atoms with Gasteiger partial charge in [-0.1, -0.05) is 200 Å². The molecule has 0 aliphatic carbocycles. The molecule has 0 fully saturated rings. The lowest BCUT2D eigenvalue weighted by Gasteiger charge is -2.13. The first-order chi connectivity index (χ1) is 33.2. The molecule has 3 heteroatoms. The molecule has 0 unspecified atom stereocenters. The van der Waals surface area contributed by atoms with E-state index in [4.69, 9.17) is 9.41 Å². The van der Waals surface area contributed by atoms with E-state index >= 15 is 0 Å². The predicted molar refractivity (Wildman–Crippen MR) is 282 cm³/mol. The number of benzene rings is 11. The zero-order valence-electron chi connectivity index (χ0n) is 36.6. The van der Waals surface area contributed by atoms with Crippen LogP contribution in [0.3, 0.4) is 0 Å². The van der Waals surface area contributed by atoms with E-state index in [-0.39, 0.29) is 0 Å².